The Labute approximate surface area is 117 Å². The molecule has 0 saturated carbocycles. The number of hydrogen-bond acceptors (Lipinski definition) is 7. The average molecular weight is 327 g/mol. The molecule has 0 unspecified atom stereocenters. The minimum absolute atomic E-state index is 0.0396. The molecule has 0 fully saturated rings. The second-order valence-corrected chi connectivity index (χ2v) is 4.29. The lowest BCUT2D eigenvalue weighted by molar-refractivity contribution is 0.320. The van der Waals surface area contributed by atoms with Crippen LogP contribution in [0.2, 0.25) is 0 Å². The van der Waals surface area contributed by atoms with Crippen molar-refractivity contribution in [3.63, 3.8) is 0 Å². The quantitative estimate of drug-likeness (QED) is 0.859. The van der Waals surface area contributed by atoms with Crippen LogP contribution in [0.4, 0.5) is 5.69 Å². The van der Waals surface area contributed by atoms with Crippen molar-refractivity contribution in [3.8, 4) is 23.8 Å². The zero-order valence-corrected chi connectivity index (χ0v) is 11.8. The first kappa shape index (κ1) is 13.3. The van der Waals surface area contributed by atoms with Crippen LogP contribution in [0.25, 0.3) is 0 Å². The predicted molar refractivity (Wildman–Crippen MR) is 71.6 cm³/mol. The molecule has 0 bridgehead atoms. The Bertz CT molecular complexity index is 572. The Morgan fingerprint density at radius 2 is 1.58 bits per heavy atom. The molecule has 0 aliphatic heterocycles. The van der Waals surface area contributed by atoms with E-state index in [4.69, 9.17) is 19.9 Å². The number of aromatic nitrogens is 3. The predicted octanol–water partition coefficient (Wildman–Crippen LogP) is 2.03. The first-order chi connectivity index (χ1) is 9.12. The van der Waals surface area contributed by atoms with Crippen LogP contribution < -0.4 is 19.9 Å². The largest absolute Gasteiger partial charge is 0.467 e. The van der Waals surface area contributed by atoms with Crippen molar-refractivity contribution in [2.75, 3.05) is 20.0 Å². The summed E-state index contributed by atoms with van der Waals surface area (Å²) >= 11 is 3.31. The van der Waals surface area contributed by atoms with E-state index in [9.17, 15) is 0 Å². The monoisotopic (exact) mass is 326 g/mol. The molecule has 2 aromatic rings. The highest BCUT2D eigenvalue weighted by atomic mass is 79.9. The molecule has 0 radical (unpaired) electrons. The second-order valence-electron chi connectivity index (χ2n) is 3.38. The molecule has 2 N–H and O–H groups in total. The van der Waals surface area contributed by atoms with Gasteiger partial charge >= 0.3 is 18.0 Å². The van der Waals surface area contributed by atoms with Gasteiger partial charge in [0.25, 0.3) is 0 Å². The summed E-state index contributed by atoms with van der Waals surface area (Å²) in [5.74, 6) is 0.429. The zero-order valence-electron chi connectivity index (χ0n) is 10.3. The van der Waals surface area contributed by atoms with Crippen LogP contribution in [0, 0.1) is 0 Å². The minimum atomic E-state index is 0.0396. The molecule has 0 spiro atoms. The lowest BCUT2D eigenvalue weighted by Gasteiger charge is -2.08. The van der Waals surface area contributed by atoms with Crippen LogP contribution >= 0.6 is 15.9 Å². The van der Waals surface area contributed by atoms with Gasteiger partial charge in [-0.2, -0.15) is 0 Å². The van der Waals surface area contributed by atoms with E-state index in [1.54, 1.807) is 18.2 Å². The number of halogens is 1. The van der Waals surface area contributed by atoms with Gasteiger partial charge in [0.2, 0.25) is 0 Å². The first-order valence-electron chi connectivity index (χ1n) is 5.19. The molecule has 7 nitrogen and oxygen atoms in total. The highest BCUT2D eigenvalue weighted by Gasteiger charge is 2.10. The third-order valence-electron chi connectivity index (χ3n) is 2.11. The Balaban J connectivity index is 2.31. The Kier molecular flexibility index (Phi) is 4.00. The van der Waals surface area contributed by atoms with Gasteiger partial charge in [0, 0.05) is 4.47 Å². The number of rotatable bonds is 4. The summed E-state index contributed by atoms with van der Waals surface area (Å²) in [6.07, 6.45) is 0. The number of nitrogens with zero attached hydrogens (tertiary/aromatic N) is 3. The number of methoxy groups -OCH3 is 2. The maximum atomic E-state index is 5.82. The fourth-order valence-electron chi connectivity index (χ4n) is 1.26. The van der Waals surface area contributed by atoms with Crippen molar-refractivity contribution in [3.05, 3.63) is 22.7 Å². The van der Waals surface area contributed by atoms with E-state index in [1.165, 1.54) is 14.2 Å². The van der Waals surface area contributed by atoms with Gasteiger partial charge in [0.15, 0.2) is 5.75 Å². The lowest BCUT2D eigenvalue weighted by Crippen LogP contribution is -2.02. The molecule has 1 heterocycles. The van der Waals surface area contributed by atoms with E-state index >= 15 is 0 Å². The third kappa shape index (κ3) is 3.22. The molecule has 0 amide bonds. The average Bonchev–Trinajstić information content (AvgIpc) is 2.41. The highest BCUT2D eigenvalue weighted by molar-refractivity contribution is 9.10. The van der Waals surface area contributed by atoms with Gasteiger partial charge < -0.3 is 19.9 Å². The van der Waals surface area contributed by atoms with E-state index in [-0.39, 0.29) is 18.0 Å². The summed E-state index contributed by atoms with van der Waals surface area (Å²) in [6, 6.07) is 5.43. The van der Waals surface area contributed by atoms with Crippen LogP contribution in [0.1, 0.15) is 0 Å². The molecular formula is C11H11BrN4O3. The minimum Gasteiger partial charge on any atom is -0.467 e. The van der Waals surface area contributed by atoms with Crippen molar-refractivity contribution in [2.24, 2.45) is 0 Å². The normalized spacial score (nSPS) is 10.1. The van der Waals surface area contributed by atoms with Gasteiger partial charge in [0.05, 0.1) is 19.9 Å². The summed E-state index contributed by atoms with van der Waals surface area (Å²) in [5.41, 5.74) is 6.27. The topological polar surface area (TPSA) is 92.4 Å². The first-order valence-corrected chi connectivity index (χ1v) is 5.98. The summed E-state index contributed by atoms with van der Waals surface area (Å²) in [7, 11) is 2.87. The van der Waals surface area contributed by atoms with Gasteiger partial charge in [-0.05, 0) is 18.2 Å². The van der Waals surface area contributed by atoms with Gasteiger partial charge in [0.1, 0.15) is 0 Å². The van der Waals surface area contributed by atoms with Crippen LogP contribution in [-0.4, -0.2) is 29.2 Å². The van der Waals surface area contributed by atoms with E-state index in [0.717, 1.165) is 4.47 Å². The van der Waals surface area contributed by atoms with E-state index in [0.29, 0.717) is 11.4 Å². The number of nitrogen functional groups attached to an aromatic ring is 1. The van der Waals surface area contributed by atoms with Gasteiger partial charge in [-0.1, -0.05) is 15.9 Å². The molecule has 8 heteroatoms. The molecule has 0 aliphatic rings. The fourth-order valence-corrected chi connectivity index (χ4v) is 1.64. The SMILES string of the molecule is COc1nc(OC)nc(Oc2ccc(Br)cc2N)n1. The van der Waals surface area contributed by atoms with Gasteiger partial charge in [-0.15, -0.1) is 15.0 Å². The molecular weight excluding hydrogens is 316 g/mol. The molecule has 19 heavy (non-hydrogen) atoms. The Hall–Kier alpha value is -2.09. The number of anilines is 1. The molecule has 100 valence electrons. The van der Waals surface area contributed by atoms with Crippen molar-refractivity contribution in [1.82, 2.24) is 15.0 Å². The smallest absolute Gasteiger partial charge is 0.331 e. The number of hydrogen-bond donors (Lipinski definition) is 1. The highest BCUT2D eigenvalue weighted by Crippen LogP contribution is 2.29. The van der Waals surface area contributed by atoms with Gasteiger partial charge in [-0.3, -0.25) is 0 Å². The zero-order chi connectivity index (χ0) is 13.8. The van der Waals surface area contributed by atoms with E-state index < -0.39 is 0 Å². The van der Waals surface area contributed by atoms with Crippen LogP contribution in [-0.2, 0) is 0 Å². The summed E-state index contributed by atoms with van der Waals surface area (Å²) in [5, 5.41) is 0. The van der Waals surface area contributed by atoms with E-state index in [2.05, 4.69) is 30.9 Å². The van der Waals surface area contributed by atoms with Crippen LogP contribution in [0.5, 0.6) is 23.8 Å². The summed E-state index contributed by atoms with van der Waals surface area (Å²) in [6.45, 7) is 0. The number of nitrogens with two attached hydrogens (primary N) is 1. The molecule has 0 saturated heterocycles. The molecule has 0 atom stereocenters. The number of benzene rings is 1. The molecule has 1 aromatic carbocycles. The van der Waals surface area contributed by atoms with Crippen LogP contribution in [0.3, 0.4) is 0 Å². The maximum Gasteiger partial charge on any atom is 0.331 e. The van der Waals surface area contributed by atoms with E-state index in [1.807, 2.05) is 0 Å². The summed E-state index contributed by atoms with van der Waals surface area (Å²) in [4.78, 5) is 11.8. The Morgan fingerprint density at radius 3 is 2.11 bits per heavy atom. The second kappa shape index (κ2) is 5.70. The van der Waals surface area contributed by atoms with Crippen LogP contribution in [0.15, 0.2) is 22.7 Å². The van der Waals surface area contributed by atoms with Crippen molar-refractivity contribution in [2.45, 2.75) is 0 Å². The maximum absolute atomic E-state index is 5.82. The Morgan fingerprint density at radius 1 is 1.00 bits per heavy atom. The molecule has 1 aromatic heterocycles. The number of ether oxygens (including phenoxy) is 3. The summed E-state index contributed by atoms with van der Waals surface area (Å²) < 4.78 is 16.2. The van der Waals surface area contributed by atoms with Crippen molar-refractivity contribution >= 4 is 21.6 Å². The van der Waals surface area contributed by atoms with Crippen molar-refractivity contribution in [1.29, 1.82) is 0 Å². The lowest BCUT2D eigenvalue weighted by atomic mass is 10.3. The standard InChI is InChI=1S/C11H11BrN4O3/c1-17-9-14-10(18-2)16-11(15-9)19-8-4-3-6(12)5-7(8)13/h3-5H,13H2,1-2H3. The van der Waals surface area contributed by atoms with Gasteiger partial charge in [-0.25, -0.2) is 0 Å². The van der Waals surface area contributed by atoms with Crippen molar-refractivity contribution < 1.29 is 14.2 Å². The third-order valence-corrected chi connectivity index (χ3v) is 2.61. The fraction of sp³-hybridized carbons (Fsp3) is 0.182. The molecule has 0 aliphatic carbocycles. The molecule has 2 rings (SSSR count).